The lowest BCUT2D eigenvalue weighted by atomic mass is 10.1. The minimum Gasteiger partial charge on any atom is -0.367 e. The van der Waals surface area contributed by atoms with Gasteiger partial charge in [0.15, 0.2) is 6.23 Å². The number of Topliss-reactive ketones (excluding diaryl/α,β-unsaturated/α-hetero) is 1. The van der Waals surface area contributed by atoms with Crippen molar-refractivity contribution in [2.24, 2.45) is 0 Å². The number of aliphatic hydroxyl groups excluding tert-OH is 1. The zero-order chi connectivity index (χ0) is 13.0. The summed E-state index contributed by atoms with van der Waals surface area (Å²) in [5.41, 5.74) is 1.34. The maximum absolute atomic E-state index is 11.9. The number of pyridine rings is 1. The molecule has 0 aliphatic heterocycles. The van der Waals surface area contributed by atoms with Crippen LogP contribution in [0.1, 0.15) is 15.9 Å². The largest absolute Gasteiger partial charge is 0.367 e. The van der Waals surface area contributed by atoms with E-state index in [0.717, 1.165) is 5.56 Å². The number of aromatic nitrogens is 1. The summed E-state index contributed by atoms with van der Waals surface area (Å²) < 4.78 is 0. The van der Waals surface area contributed by atoms with Gasteiger partial charge in [-0.3, -0.25) is 4.79 Å². The first-order valence-corrected chi connectivity index (χ1v) is 5.64. The number of carbonyl (C=O) groups is 1. The first-order valence-electron chi connectivity index (χ1n) is 5.64. The Morgan fingerprint density at radius 2 is 1.94 bits per heavy atom. The molecule has 1 heterocycles. The third-order valence-electron chi connectivity index (χ3n) is 2.59. The van der Waals surface area contributed by atoms with Gasteiger partial charge >= 0.3 is 0 Å². The zero-order valence-electron chi connectivity index (χ0n) is 10.00. The van der Waals surface area contributed by atoms with Crippen molar-refractivity contribution in [3.05, 3.63) is 59.8 Å². The Morgan fingerprint density at radius 3 is 2.61 bits per heavy atom. The molecule has 1 aromatic heterocycles. The van der Waals surface area contributed by atoms with Crippen LogP contribution in [0.4, 0.5) is 5.82 Å². The van der Waals surface area contributed by atoms with Crippen molar-refractivity contribution in [3.63, 3.8) is 0 Å². The maximum Gasteiger partial charge on any atom is 0.211 e. The third-order valence-corrected chi connectivity index (χ3v) is 2.59. The van der Waals surface area contributed by atoms with Crippen LogP contribution in [-0.2, 0) is 0 Å². The summed E-state index contributed by atoms with van der Waals surface area (Å²) in [6, 6.07) is 12.3. The van der Waals surface area contributed by atoms with Gasteiger partial charge in [-0.2, -0.15) is 0 Å². The van der Waals surface area contributed by atoms with E-state index in [1.54, 1.807) is 36.5 Å². The third kappa shape index (κ3) is 2.73. The molecule has 0 saturated heterocycles. The van der Waals surface area contributed by atoms with Gasteiger partial charge in [0.25, 0.3) is 0 Å². The summed E-state index contributed by atoms with van der Waals surface area (Å²) in [5.74, 6) is 0.134. The highest BCUT2D eigenvalue weighted by Crippen LogP contribution is 2.12. The van der Waals surface area contributed by atoms with Gasteiger partial charge in [0.2, 0.25) is 5.78 Å². The van der Waals surface area contributed by atoms with Gasteiger partial charge in [0.1, 0.15) is 5.82 Å². The van der Waals surface area contributed by atoms with Crippen molar-refractivity contribution in [1.82, 2.24) is 4.98 Å². The summed E-state index contributed by atoms with van der Waals surface area (Å²) >= 11 is 0. The molecule has 1 aromatic carbocycles. The van der Waals surface area contributed by atoms with Gasteiger partial charge in [-0.05, 0) is 18.6 Å². The van der Waals surface area contributed by atoms with Crippen molar-refractivity contribution in [2.45, 2.75) is 13.2 Å². The van der Waals surface area contributed by atoms with E-state index in [9.17, 15) is 9.90 Å². The standard InChI is InChI=1S/C14H14N2O2/c1-10-6-5-9-15-13(10)16-14(18)12(17)11-7-3-2-4-8-11/h2-9,14,18H,1H3,(H,15,16). The Kier molecular flexibility index (Phi) is 3.69. The number of anilines is 1. The molecule has 1 unspecified atom stereocenters. The highest BCUT2D eigenvalue weighted by atomic mass is 16.3. The molecule has 0 spiro atoms. The fourth-order valence-corrected chi connectivity index (χ4v) is 1.59. The predicted molar refractivity (Wildman–Crippen MR) is 69.4 cm³/mol. The first-order chi connectivity index (χ1) is 8.68. The molecular weight excluding hydrogens is 228 g/mol. The first kappa shape index (κ1) is 12.3. The molecule has 0 aliphatic carbocycles. The molecule has 1 atom stereocenters. The number of nitrogens with zero attached hydrogens (tertiary/aromatic N) is 1. The molecular formula is C14H14N2O2. The molecule has 2 N–H and O–H groups in total. The molecule has 0 saturated carbocycles. The number of hydrogen-bond donors (Lipinski definition) is 2. The second-order valence-electron chi connectivity index (χ2n) is 3.95. The SMILES string of the molecule is Cc1cccnc1NC(O)C(=O)c1ccccc1. The van der Waals surface area contributed by atoms with E-state index in [1.807, 2.05) is 19.1 Å². The van der Waals surface area contributed by atoms with E-state index < -0.39 is 6.23 Å². The van der Waals surface area contributed by atoms with Crippen LogP contribution in [0.15, 0.2) is 48.7 Å². The van der Waals surface area contributed by atoms with Crippen molar-refractivity contribution >= 4 is 11.6 Å². The van der Waals surface area contributed by atoms with Crippen LogP contribution in [0.2, 0.25) is 0 Å². The normalized spacial score (nSPS) is 11.9. The summed E-state index contributed by atoms with van der Waals surface area (Å²) in [5, 5.41) is 12.6. The van der Waals surface area contributed by atoms with E-state index in [0.29, 0.717) is 11.4 Å². The molecule has 2 aromatic rings. The molecule has 0 fully saturated rings. The van der Waals surface area contributed by atoms with Crippen LogP contribution in [0, 0.1) is 6.92 Å². The van der Waals surface area contributed by atoms with Crippen molar-refractivity contribution < 1.29 is 9.90 Å². The second-order valence-corrected chi connectivity index (χ2v) is 3.95. The van der Waals surface area contributed by atoms with Gasteiger partial charge in [0.05, 0.1) is 0 Å². The van der Waals surface area contributed by atoms with Crippen molar-refractivity contribution in [2.75, 3.05) is 5.32 Å². The Labute approximate surface area is 105 Å². The number of carbonyl (C=O) groups excluding carboxylic acids is 1. The Hall–Kier alpha value is -2.20. The quantitative estimate of drug-likeness (QED) is 0.636. The number of aryl methyl sites for hydroxylation is 1. The number of ketones is 1. The summed E-state index contributed by atoms with van der Waals surface area (Å²) in [4.78, 5) is 16.0. The Morgan fingerprint density at radius 1 is 1.22 bits per heavy atom. The molecule has 0 bridgehead atoms. The topological polar surface area (TPSA) is 62.2 Å². The van der Waals surface area contributed by atoms with Crippen molar-refractivity contribution in [1.29, 1.82) is 0 Å². The average molecular weight is 242 g/mol. The highest BCUT2D eigenvalue weighted by molar-refractivity contribution is 6.00. The van der Waals surface area contributed by atoms with Crippen LogP contribution in [0.5, 0.6) is 0 Å². The van der Waals surface area contributed by atoms with E-state index in [1.165, 1.54) is 0 Å². The van der Waals surface area contributed by atoms with Crippen LogP contribution in [-0.4, -0.2) is 22.1 Å². The zero-order valence-corrected chi connectivity index (χ0v) is 10.00. The van der Waals surface area contributed by atoms with E-state index >= 15 is 0 Å². The van der Waals surface area contributed by atoms with Gasteiger partial charge < -0.3 is 10.4 Å². The predicted octanol–water partition coefficient (Wildman–Crippen LogP) is 2.00. The fraction of sp³-hybridized carbons (Fsp3) is 0.143. The van der Waals surface area contributed by atoms with Crippen LogP contribution in [0.25, 0.3) is 0 Å². The lowest BCUT2D eigenvalue weighted by Gasteiger charge is -2.13. The maximum atomic E-state index is 11.9. The number of aliphatic hydroxyl groups is 1. The average Bonchev–Trinajstić information content (AvgIpc) is 2.41. The fourth-order valence-electron chi connectivity index (χ4n) is 1.59. The van der Waals surface area contributed by atoms with Gasteiger partial charge in [0, 0.05) is 11.8 Å². The molecule has 18 heavy (non-hydrogen) atoms. The van der Waals surface area contributed by atoms with Crippen LogP contribution in [0.3, 0.4) is 0 Å². The molecule has 4 nitrogen and oxygen atoms in total. The lowest BCUT2D eigenvalue weighted by molar-refractivity contribution is 0.0793. The van der Waals surface area contributed by atoms with E-state index in [-0.39, 0.29) is 5.78 Å². The van der Waals surface area contributed by atoms with E-state index in [4.69, 9.17) is 0 Å². The molecule has 2 rings (SSSR count). The van der Waals surface area contributed by atoms with E-state index in [2.05, 4.69) is 10.3 Å². The molecule has 92 valence electrons. The Balaban J connectivity index is 2.11. The van der Waals surface area contributed by atoms with Gasteiger partial charge in [-0.1, -0.05) is 36.4 Å². The number of nitrogens with one attached hydrogen (secondary N) is 1. The summed E-state index contributed by atoms with van der Waals surface area (Å²) in [6.45, 7) is 1.86. The van der Waals surface area contributed by atoms with Gasteiger partial charge in [-0.15, -0.1) is 0 Å². The highest BCUT2D eigenvalue weighted by Gasteiger charge is 2.17. The summed E-state index contributed by atoms with van der Waals surface area (Å²) in [7, 11) is 0. The number of rotatable bonds is 4. The molecule has 0 amide bonds. The molecule has 4 heteroatoms. The molecule has 0 aliphatic rings. The Bertz CT molecular complexity index is 541. The number of benzene rings is 1. The lowest BCUT2D eigenvalue weighted by Crippen LogP contribution is -2.29. The second kappa shape index (κ2) is 5.42. The molecule has 0 radical (unpaired) electrons. The van der Waals surface area contributed by atoms with Crippen LogP contribution >= 0.6 is 0 Å². The minimum absolute atomic E-state index is 0.374. The smallest absolute Gasteiger partial charge is 0.211 e. The minimum atomic E-state index is -1.29. The van der Waals surface area contributed by atoms with Gasteiger partial charge in [-0.25, -0.2) is 4.98 Å². The number of hydrogen-bond acceptors (Lipinski definition) is 4. The summed E-state index contributed by atoms with van der Waals surface area (Å²) in [6.07, 6.45) is 0.315. The van der Waals surface area contributed by atoms with Crippen LogP contribution < -0.4 is 5.32 Å². The monoisotopic (exact) mass is 242 g/mol. The van der Waals surface area contributed by atoms with Crippen molar-refractivity contribution in [3.8, 4) is 0 Å².